The van der Waals surface area contributed by atoms with Crippen LogP contribution in [0.1, 0.15) is 15.9 Å². The Bertz CT molecular complexity index is 611. The lowest BCUT2D eigenvalue weighted by Crippen LogP contribution is -2.23. The molecular formula is C14H14BrN3O2. The van der Waals surface area contributed by atoms with Crippen molar-refractivity contribution in [2.75, 3.05) is 12.8 Å². The number of nitrogens with one attached hydrogen (secondary N) is 1. The van der Waals surface area contributed by atoms with E-state index in [1.165, 1.54) is 0 Å². The van der Waals surface area contributed by atoms with Crippen LogP contribution in [-0.4, -0.2) is 18.0 Å². The van der Waals surface area contributed by atoms with Crippen molar-refractivity contribution in [1.82, 2.24) is 10.3 Å². The van der Waals surface area contributed by atoms with Gasteiger partial charge in [-0.15, -0.1) is 0 Å². The largest absolute Gasteiger partial charge is 0.481 e. The average molecular weight is 336 g/mol. The van der Waals surface area contributed by atoms with Crippen LogP contribution in [0.2, 0.25) is 0 Å². The second-order valence-electron chi connectivity index (χ2n) is 4.13. The first-order valence-electron chi connectivity index (χ1n) is 5.92. The number of pyridine rings is 1. The molecule has 1 amide bonds. The summed E-state index contributed by atoms with van der Waals surface area (Å²) in [6.07, 6.45) is 1.64. The minimum Gasteiger partial charge on any atom is -0.481 e. The summed E-state index contributed by atoms with van der Waals surface area (Å²) >= 11 is 3.31. The summed E-state index contributed by atoms with van der Waals surface area (Å²) in [6.45, 7) is 0.336. The van der Waals surface area contributed by atoms with Crippen LogP contribution in [0.15, 0.2) is 41.0 Å². The minimum atomic E-state index is -0.205. The number of halogens is 1. The third kappa shape index (κ3) is 3.48. The summed E-state index contributed by atoms with van der Waals surface area (Å²) < 4.78 is 5.90. The van der Waals surface area contributed by atoms with Crippen LogP contribution in [-0.2, 0) is 6.54 Å². The van der Waals surface area contributed by atoms with Crippen molar-refractivity contribution in [3.8, 4) is 5.88 Å². The van der Waals surface area contributed by atoms with E-state index in [1.54, 1.807) is 37.6 Å². The summed E-state index contributed by atoms with van der Waals surface area (Å²) in [5.41, 5.74) is 7.55. The van der Waals surface area contributed by atoms with Gasteiger partial charge in [0.05, 0.1) is 7.11 Å². The second-order valence-corrected chi connectivity index (χ2v) is 5.04. The van der Waals surface area contributed by atoms with Gasteiger partial charge >= 0.3 is 0 Å². The number of aromatic nitrogens is 1. The number of anilines is 1. The zero-order valence-electron chi connectivity index (χ0n) is 10.9. The van der Waals surface area contributed by atoms with Crippen molar-refractivity contribution >= 4 is 27.5 Å². The van der Waals surface area contributed by atoms with E-state index in [9.17, 15) is 4.79 Å². The molecule has 0 aliphatic heterocycles. The van der Waals surface area contributed by atoms with Crippen molar-refractivity contribution in [2.24, 2.45) is 0 Å². The van der Waals surface area contributed by atoms with Crippen molar-refractivity contribution < 1.29 is 9.53 Å². The summed E-state index contributed by atoms with van der Waals surface area (Å²) in [5.74, 6) is 0.297. The Balaban J connectivity index is 2.08. The number of nitrogen functional groups attached to an aromatic ring is 1. The van der Waals surface area contributed by atoms with Crippen LogP contribution in [0.3, 0.4) is 0 Å². The summed E-state index contributed by atoms with van der Waals surface area (Å²) in [6, 6.07) is 8.72. The number of methoxy groups -OCH3 is 1. The van der Waals surface area contributed by atoms with Gasteiger partial charge in [-0.05, 0) is 24.3 Å². The Labute approximate surface area is 125 Å². The fourth-order valence-electron chi connectivity index (χ4n) is 1.76. The molecule has 1 aromatic heterocycles. The predicted octanol–water partition coefficient (Wildman–Crippen LogP) is 2.36. The van der Waals surface area contributed by atoms with Gasteiger partial charge in [0, 0.05) is 34.0 Å². The molecule has 0 radical (unpaired) electrons. The smallest absolute Gasteiger partial charge is 0.251 e. The first-order valence-corrected chi connectivity index (χ1v) is 6.71. The highest BCUT2D eigenvalue weighted by Crippen LogP contribution is 2.18. The van der Waals surface area contributed by atoms with Crippen molar-refractivity contribution in [3.63, 3.8) is 0 Å². The van der Waals surface area contributed by atoms with Gasteiger partial charge in [0.1, 0.15) is 0 Å². The molecule has 0 aliphatic rings. The molecule has 5 nitrogen and oxygen atoms in total. The highest BCUT2D eigenvalue weighted by Gasteiger charge is 2.09. The maximum absolute atomic E-state index is 12.1. The fourth-order valence-corrected chi connectivity index (χ4v) is 2.27. The van der Waals surface area contributed by atoms with Crippen LogP contribution in [0.5, 0.6) is 5.88 Å². The van der Waals surface area contributed by atoms with Crippen LogP contribution in [0, 0.1) is 0 Å². The van der Waals surface area contributed by atoms with E-state index in [0.717, 1.165) is 10.0 Å². The molecule has 3 N–H and O–H groups in total. The van der Waals surface area contributed by atoms with E-state index >= 15 is 0 Å². The molecule has 0 unspecified atom stereocenters. The van der Waals surface area contributed by atoms with E-state index in [1.807, 2.05) is 6.07 Å². The summed E-state index contributed by atoms with van der Waals surface area (Å²) in [7, 11) is 1.54. The number of benzene rings is 1. The van der Waals surface area contributed by atoms with Gasteiger partial charge in [0.15, 0.2) is 0 Å². The molecule has 20 heavy (non-hydrogen) atoms. The van der Waals surface area contributed by atoms with Crippen LogP contribution < -0.4 is 15.8 Å². The van der Waals surface area contributed by atoms with Gasteiger partial charge in [0.25, 0.3) is 5.91 Å². The SMILES string of the molecule is COc1ncccc1CNC(=O)c1cc(N)cc(Br)c1. The summed E-state index contributed by atoms with van der Waals surface area (Å²) in [5, 5.41) is 2.81. The third-order valence-corrected chi connectivity index (χ3v) is 3.12. The Kier molecular flexibility index (Phi) is 4.57. The molecular weight excluding hydrogens is 322 g/mol. The lowest BCUT2D eigenvalue weighted by molar-refractivity contribution is 0.0950. The number of nitrogens with zero attached hydrogens (tertiary/aromatic N) is 1. The number of carbonyl (C=O) groups excluding carboxylic acids is 1. The van der Waals surface area contributed by atoms with Gasteiger partial charge in [-0.3, -0.25) is 4.79 Å². The molecule has 0 saturated carbocycles. The highest BCUT2D eigenvalue weighted by molar-refractivity contribution is 9.10. The fraction of sp³-hybridized carbons (Fsp3) is 0.143. The predicted molar refractivity (Wildman–Crippen MR) is 80.5 cm³/mol. The molecule has 0 bridgehead atoms. The van der Waals surface area contributed by atoms with Gasteiger partial charge in [-0.2, -0.15) is 0 Å². The van der Waals surface area contributed by atoms with E-state index in [4.69, 9.17) is 10.5 Å². The molecule has 0 aliphatic carbocycles. The maximum atomic E-state index is 12.1. The molecule has 1 aromatic carbocycles. The number of nitrogens with two attached hydrogens (primary N) is 1. The van der Waals surface area contributed by atoms with Gasteiger partial charge in [-0.25, -0.2) is 4.98 Å². The molecule has 104 valence electrons. The van der Waals surface area contributed by atoms with E-state index in [-0.39, 0.29) is 5.91 Å². The number of hydrogen-bond donors (Lipinski definition) is 2. The van der Waals surface area contributed by atoms with Crippen LogP contribution >= 0.6 is 15.9 Å². The van der Waals surface area contributed by atoms with Crippen LogP contribution in [0.4, 0.5) is 5.69 Å². The lowest BCUT2D eigenvalue weighted by atomic mass is 10.2. The molecule has 2 rings (SSSR count). The van der Waals surface area contributed by atoms with Crippen molar-refractivity contribution in [3.05, 3.63) is 52.1 Å². The minimum absolute atomic E-state index is 0.205. The zero-order chi connectivity index (χ0) is 14.5. The second kappa shape index (κ2) is 6.38. The van der Waals surface area contributed by atoms with Crippen molar-refractivity contribution in [2.45, 2.75) is 6.54 Å². The van der Waals surface area contributed by atoms with E-state index < -0.39 is 0 Å². The molecule has 1 heterocycles. The first-order chi connectivity index (χ1) is 9.60. The first kappa shape index (κ1) is 14.3. The number of rotatable bonds is 4. The van der Waals surface area contributed by atoms with Crippen molar-refractivity contribution in [1.29, 1.82) is 0 Å². The average Bonchev–Trinajstić information content (AvgIpc) is 2.44. The third-order valence-electron chi connectivity index (χ3n) is 2.67. The van der Waals surface area contributed by atoms with Crippen LogP contribution in [0.25, 0.3) is 0 Å². The molecule has 0 fully saturated rings. The lowest BCUT2D eigenvalue weighted by Gasteiger charge is -2.09. The van der Waals surface area contributed by atoms with Gasteiger partial charge in [0.2, 0.25) is 5.88 Å². The Morgan fingerprint density at radius 2 is 2.25 bits per heavy atom. The standard InChI is InChI=1S/C14H14BrN3O2/c1-20-14-9(3-2-4-17-14)8-18-13(19)10-5-11(15)7-12(16)6-10/h2-7H,8,16H2,1H3,(H,18,19). The quantitative estimate of drug-likeness (QED) is 0.841. The van der Waals surface area contributed by atoms with Gasteiger partial charge < -0.3 is 15.8 Å². The number of ether oxygens (including phenoxy) is 1. The van der Waals surface area contributed by atoms with Gasteiger partial charge in [-0.1, -0.05) is 22.0 Å². The molecule has 2 aromatic rings. The zero-order valence-corrected chi connectivity index (χ0v) is 12.5. The molecule has 6 heteroatoms. The number of amides is 1. The highest BCUT2D eigenvalue weighted by atomic mass is 79.9. The molecule has 0 spiro atoms. The number of hydrogen-bond acceptors (Lipinski definition) is 4. The normalized spacial score (nSPS) is 10.1. The Morgan fingerprint density at radius 1 is 1.45 bits per heavy atom. The maximum Gasteiger partial charge on any atom is 0.251 e. The molecule has 0 saturated heterocycles. The monoisotopic (exact) mass is 335 g/mol. The Morgan fingerprint density at radius 3 is 2.95 bits per heavy atom. The number of carbonyl (C=O) groups is 1. The Hall–Kier alpha value is -2.08. The summed E-state index contributed by atoms with van der Waals surface area (Å²) in [4.78, 5) is 16.1. The topological polar surface area (TPSA) is 77.2 Å². The van der Waals surface area contributed by atoms with E-state index in [2.05, 4.69) is 26.2 Å². The van der Waals surface area contributed by atoms with E-state index in [0.29, 0.717) is 23.7 Å². The molecule has 0 atom stereocenters.